The quantitative estimate of drug-likeness (QED) is 0.706. The molecule has 0 spiro atoms. The van der Waals surface area contributed by atoms with Crippen molar-refractivity contribution < 1.29 is 5.11 Å². The van der Waals surface area contributed by atoms with Gasteiger partial charge in [-0.1, -0.05) is 6.07 Å². The molecule has 0 aliphatic carbocycles. The Kier molecular flexibility index (Phi) is 2.33. The van der Waals surface area contributed by atoms with E-state index in [0.29, 0.717) is 0 Å². The van der Waals surface area contributed by atoms with E-state index in [1.165, 1.54) is 0 Å². The van der Waals surface area contributed by atoms with Gasteiger partial charge in [0, 0.05) is 17.5 Å². The molecule has 0 bridgehead atoms. The van der Waals surface area contributed by atoms with Crippen LogP contribution < -0.4 is 0 Å². The van der Waals surface area contributed by atoms with Gasteiger partial charge in [-0.05, 0) is 49.7 Å². The molecule has 1 N–H and O–H groups in total. The van der Waals surface area contributed by atoms with E-state index in [2.05, 4.69) is 24.3 Å². The lowest BCUT2D eigenvalue weighted by molar-refractivity contribution is 0.475. The van der Waals surface area contributed by atoms with Gasteiger partial charge in [-0.25, -0.2) is 4.98 Å². The van der Waals surface area contributed by atoms with Crippen molar-refractivity contribution >= 4 is 5.65 Å². The summed E-state index contributed by atoms with van der Waals surface area (Å²) < 4.78 is 2.09. The molecule has 0 amide bonds. The van der Waals surface area contributed by atoms with Crippen molar-refractivity contribution in [3.8, 4) is 17.0 Å². The molecule has 0 atom stereocenters. The number of phenolic OH excluding ortho intramolecular Hbond substituents is 1. The number of benzene rings is 1. The van der Waals surface area contributed by atoms with Crippen LogP contribution in [0.15, 0.2) is 42.6 Å². The third-order valence-electron chi connectivity index (χ3n) is 3.22. The highest BCUT2D eigenvalue weighted by molar-refractivity contribution is 5.68. The standard InChI is InChI=1S/C15H14N2O/c1-10-4-3-9-17-11(2)14(16-15(10)17)12-5-7-13(18)8-6-12/h3-9,18H,1-2H3. The zero-order chi connectivity index (χ0) is 12.7. The van der Waals surface area contributed by atoms with Crippen LogP contribution in [-0.4, -0.2) is 14.5 Å². The molecule has 2 heterocycles. The Morgan fingerprint density at radius 3 is 2.44 bits per heavy atom. The summed E-state index contributed by atoms with van der Waals surface area (Å²) in [5, 5.41) is 9.33. The average molecular weight is 238 g/mol. The first kappa shape index (κ1) is 10.8. The maximum Gasteiger partial charge on any atom is 0.140 e. The first-order valence-electron chi connectivity index (χ1n) is 5.90. The molecular formula is C15H14N2O. The van der Waals surface area contributed by atoms with E-state index in [4.69, 9.17) is 4.98 Å². The van der Waals surface area contributed by atoms with Crippen molar-refractivity contribution in [2.24, 2.45) is 0 Å². The molecule has 0 unspecified atom stereocenters. The second kappa shape index (κ2) is 3.88. The molecule has 0 aliphatic heterocycles. The summed E-state index contributed by atoms with van der Waals surface area (Å²) in [6, 6.07) is 11.2. The van der Waals surface area contributed by atoms with Crippen molar-refractivity contribution in [3.05, 3.63) is 53.9 Å². The lowest BCUT2D eigenvalue weighted by atomic mass is 10.1. The number of fused-ring (bicyclic) bond motifs is 1. The van der Waals surface area contributed by atoms with Crippen LogP contribution in [0, 0.1) is 13.8 Å². The van der Waals surface area contributed by atoms with Crippen LogP contribution in [0.25, 0.3) is 16.9 Å². The predicted molar refractivity (Wildman–Crippen MR) is 71.8 cm³/mol. The highest BCUT2D eigenvalue weighted by Gasteiger charge is 2.11. The molecule has 0 saturated heterocycles. The third kappa shape index (κ3) is 1.56. The highest BCUT2D eigenvalue weighted by atomic mass is 16.3. The van der Waals surface area contributed by atoms with E-state index in [0.717, 1.165) is 28.2 Å². The molecule has 0 saturated carbocycles. The van der Waals surface area contributed by atoms with E-state index >= 15 is 0 Å². The lowest BCUT2D eigenvalue weighted by Gasteiger charge is -2.00. The smallest absolute Gasteiger partial charge is 0.140 e. The molecule has 3 rings (SSSR count). The SMILES string of the molecule is Cc1cccn2c(C)c(-c3ccc(O)cc3)nc12. The monoisotopic (exact) mass is 238 g/mol. The normalized spacial score (nSPS) is 11.0. The van der Waals surface area contributed by atoms with Gasteiger partial charge >= 0.3 is 0 Å². The maximum atomic E-state index is 9.33. The molecular weight excluding hydrogens is 224 g/mol. The Labute approximate surface area is 105 Å². The minimum Gasteiger partial charge on any atom is -0.508 e. The Morgan fingerprint density at radius 1 is 1.06 bits per heavy atom. The average Bonchev–Trinajstić information content (AvgIpc) is 2.70. The van der Waals surface area contributed by atoms with Crippen LogP contribution in [-0.2, 0) is 0 Å². The molecule has 0 aliphatic rings. The van der Waals surface area contributed by atoms with Crippen LogP contribution in [0.3, 0.4) is 0 Å². The molecule has 3 aromatic rings. The van der Waals surface area contributed by atoms with Crippen molar-refractivity contribution in [3.63, 3.8) is 0 Å². The number of aromatic nitrogens is 2. The minimum atomic E-state index is 0.274. The number of rotatable bonds is 1. The second-order valence-corrected chi connectivity index (χ2v) is 4.48. The summed E-state index contributed by atoms with van der Waals surface area (Å²) in [6.45, 7) is 4.12. The fraction of sp³-hybridized carbons (Fsp3) is 0.133. The lowest BCUT2D eigenvalue weighted by Crippen LogP contribution is -1.88. The summed E-state index contributed by atoms with van der Waals surface area (Å²) in [5.41, 5.74) is 5.24. The number of imidazole rings is 1. The molecule has 3 heteroatoms. The van der Waals surface area contributed by atoms with Crippen molar-refractivity contribution in [2.75, 3.05) is 0 Å². The summed E-state index contributed by atoms with van der Waals surface area (Å²) in [4.78, 5) is 4.69. The summed E-state index contributed by atoms with van der Waals surface area (Å²) >= 11 is 0. The van der Waals surface area contributed by atoms with Crippen molar-refractivity contribution in [1.29, 1.82) is 0 Å². The molecule has 90 valence electrons. The van der Waals surface area contributed by atoms with E-state index in [1.807, 2.05) is 24.4 Å². The fourth-order valence-electron chi connectivity index (χ4n) is 2.21. The van der Waals surface area contributed by atoms with Crippen LogP contribution in [0.1, 0.15) is 11.3 Å². The molecule has 0 fully saturated rings. The zero-order valence-corrected chi connectivity index (χ0v) is 10.4. The van der Waals surface area contributed by atoms with Crippen LogP contribution in [0.2, 0.25) is 0 Å². The first-order valence-corrected chi connectivity index (χ1v) is 5.90. The van der Waals surface area contributed by atoms with Crippen molar-refractivity contribution in [2.45, 2.75) is 13.8 Å². The molecule has 2 aromatic heterocycles. The summed E-state index contributed by atoms with van der Waals surface area (Å²) in [7, 11) is 0. The van der Waals surface area contributed by atoms with Gasteiger partial charge in [-0.3, -0.25) is 0 Å². The molecule has 1 aromatic carbocycles. The van der Waals surface area contributed by atoms with Gasteiger partial charge in [0.05, 0.1) is 5.69 Å². The van der Waals surface area contributed by atoms with E-state index in [1.54, 1.807) is 12.1 Å². The van der Waals surface area contributed by atoms with Crippen LogP contribution in [0.4, 0.5) is 0 Å². The molecule has 0 radical (unpaired) electrons. The molecule has 18 heavy (non-hydrogen) atoms. The number of hydrogen-bond donors (Lipinski definition) is 1. The number of aromatic hydroxyl groups is 1. The van der Waals surface area contributed by atoms with Gasteiger partial charge in [-0.15, -0.1) is 0 Å². The van der Waals surface area contributed by atoms with Gasteiger partial charge < -0.3 is 9.51 Å². The Bertz CT molecular complexity index is 711. The van der Waals surface area contributed by atoms with Crippen LogP contribution in [0.5, 0.6) is 5.75 Å². The number of hydrogen-bond acceptors (Lipinski definition) is 2. The second-order valence-electron chi connectivity index (χ2n) is 4.48. The van der Waals surface area contributed by atoms with Gasteiger partial charge in [0.15, 0.2) is 0 Å². The summed E-state index contributed by atoms with van der Waals surface area (Å²) in [5.74, 6) is 0.274. The number of pyridine rings is 1. The predicted octanol–water partition coefficient (Wildman–Crippen LogP) is 3.32. The minimum absolute atomic E-state index is 0.274. The Morgan fingerprint density at radius 2 is 1.78 bits per heavy atom. The van der Waals surface area contributed by atoms with Crippen molar-refractivity contribution in [1.82, 2.24) is 9.38 Å². The number of phenols is 1. The summed E-state index contributed by atoms with van der Waals surface area (Å²) in [6.07, 6.45) is 2.02. The van der Waals surface area contributed by atoms with Gasteiger partial charge in [-0.2, -0.15) is 0 Å². The number of aryl methyl sites for hydroxylation is 2. The van der Waals surface area contributed by atoms with Gasteiger partial charge in [0.25, 0.3) is 0 Å². The largest absolute Gasteiger partial charge is 0.508 e. The number of nitrogens with zero attached hydrogens (tertiary/aromatic N) is 2. The Balaban J connectivity index is 2.27. The zero-order valence-electron chi connectivity index (χ0n) is 10.4. The van der Waals surface area contributed by atoms with Crippen LogP contribution >= 0.6 is 0 Å². The Hall–Kier alpha value is -2.29. The van der Waals surface area contributed by atoms with E-state index in [9.17, 15) is 5.11 Å². The molecule has 3 nitrogen and oxygen atoms in total. The van der Waals surface area contributed by atoms with Gasteiger partial charge in [0.2, 0.25) is 0 Å². The van der Waals surface area contributed by atoms with E-state index < -0.39 is 0 Å². The highest BCUT2D eigenvalue weighted by Crippen LogP contribution is 2.26. The maximum absolute atomic E-state index is 9.33. The van der Waals surface area contributed by atoms with Gasteiger partial charge in [0.1, 0.15) is 11.4 Å². The topological polar surface area (TPSA) is 37.5 Å². The fourth-order valence-corrected chi connectivity index (χ4v) is 2.21. The first-order chi connectivity index (χ1) is 8.66. The van der Waals surface area contributed by atoms with E-state index in [-0.39, 0.29) is 5.75 Å². The third-order valence-corrected chi connectivity index (χ3v) is 3.22.